The molecule has 8 heteroatoms. The first kappa shape index (κ1) is 20.4. The largest absolute Gasteiger partial charge is 0.503 e. The Morgan fingerprint density at radius 1 is 1.16 bits per heavy atom. The Kier molecular flexibility index (Phi) is 5.00. The second-order valence-corrected chi connectivity index (χ2v) is 8.57. The topological polar surface area (TPSA) is 80.0 Å². The molecule has 32 heavy (non-hydrogen) atoms. The number of methoxy groups -OCH3 is 1. The summed E-state index contributed by atoms with van der Waals surface area (Å²) in [6.45, 7) is 0. The number of aliphatic hydroxyl groups is 1. The molecule has 1 N–H and O–H groups in total. The first-order valence-electron chi connectivity index (χ1n) is 9.66. The van der Waals surface area contributed by atoms with E-state index in [0.29, 0.717) is 27.4 Å². The molecule has 0 bridgehead atoms. The Balaban J connectivity index is 1.64. The van der Waals surface area contributed by atoms with Crippen LogP contribution in [0.25, 0.3) is 11.0 Å². The van der Waals surface area contributed by atoms with Gasteiger partial charge in [-0.25, -0.2) is 0 Å². The molecule has 1 atom stereocenters. The van der Waals surface area contributed by atoms with E-state index in [9.17, 15) is 14.7 Å². The number of furan rings is 1. The number of hydrogen-bond donors (Lipinski definition) is 1. The zero-order chi connectivity index (χ0) is 22.4. The summed E-state index contributed by atoms with van der Waals surface area (Å²) in [5.41, 5.74) is 0.897. The lowest BCUT2D eigenvalue weighted by Gasteiger charge is -2.25. The predicted molar refractivity (Wildman–Crippen MR) is 123 cm³/mol. The van der Waals surface area contributed by atoms with Crippen LogP contribution < -0.4 is 9.64 Å². The zero-order valence-corrected chi connectivity index (χ0v) is 18.3. The molecule has 0 fully saturated rings. The van der Waals surface area contributed by atoms with E-state index < -0.39 is 23.5 Å². The summed E-state index contributed by atoms with van der Waals surface area (Å²) >= 11 is 7.39. The summed E-state index contributed by atoms with van der Waals surface area (Å²) in [6.07, 6.45) is 0. The molecule has 2 aromatic carbocycles. The normalized spacial score (nSPS) is 16.2. The predicted octanol–water partition coefficient (Wildman–Crippen LogP) is 5.94. The number of benzene rings is 2. The van der Waals surface area contributed by atoms with Crippen LogP contribution in [0.3, 0.4) is 0 Å². The highest BCUT2D eigenvalue weighted by Gasteiger charge is 2.45. The molecule has 0 saturated heterocycles. The van der Waals surface area contributed by atoms with Crippen molar-refractivity contribution in [2.75, 3.05) is 12.0 Å². The molecule has 0 aliphatic carbocycles. The van der Waals surface area contributed by atoms with E-state index in [0.717, 1.165) is 4.88 Å². The van der Waals surface area contributed by atoms with Gasteiger partial charge in [0.25, 0.3) is 5.91 Å². The van der Waals surface area contributed by atoms with Gasteiger partial charge in [0.2, 0.25) is 5.78 Å². The maximum atomic E-state index is 13.6. The van der Waals surface area contributed by atoms with E-state index in [1.54, 1.807) is 48.5 Å². The number of aliphatic hydroxyl groups excluding tert-OH is 1. The highest BCUT2D eigenvalue weighted by atomic mass is 35.5. The number of ketones is 1. The number of halogens is 1. The van der Waals surface area contributed by atoms with Gasteiger partial charge in [0.05, 0.1) is 12.7 Å². The van der Waals surface area contributed by atoms with Crippen LogP contribution in [0, 0.1) is 0 Å². The van der Waals surface area contributed by atoms with Crippen LogP contribution in [-0.2, 0) is 4.79 Å². The van der Waals surface area contributed by atoms with E-state index in [4.69, 9.17) is 20.8 Å². The molecule has 3 heterocycles. The monoisotopic (exact) mass is 465 g/mol. The number of ether oxygens (including phenoxy) is 1. The second kappa shape index (κ2) is 7.85. The number of fused-ring (bicyclic) bond motifs is 1. The third-order valence-electron chi connectivity index (χ3n) is 5.32. The van der Waals surface area contributed by atoms with E-state index in [1.165, 1.54) is 23.3 Å². The van der Waals surface area contributed by atoms with Gasteiger partial charge in [-0.05, 0) is 47.8 Å². The Bertz CT molecular complexity index is 1370. The maximum Gasteiger partial charge on any atom is 0.294 e. The molecular formula is C24H16ClNO5S. The van der Waals surface area contributed by atoms with Gasteiger partial charge in [0.15, 0.2) is 22.9 Å². The molecule has 1 unspecified atom stereocenters. The molecule has 160 valence electrons. The van der Waals surface area contributed by atoms with Crippen molar-refractivity contribution in [3.05, 3.63) is 93.0 Å². The Morgan fingerprint density at radius 3 is 2.62 bits per heavy atom. The third-order valence-corrected chi connectivity index (χ3v) is 6.50. The molecule has 6 nitrogen and oxygen atoms in total. The number of thiophene rings is 1. The van der Waals surface area contributed by atoms with Crippen LogP contribution in [0.4, 0.5) is 5.69 Å². The Hall–Kier alpha value is -3.55. The van der Waals surface area contributed by atoms with Crippen molar-refractivity contribution in [1.82, 2.24) is 0 Å². The molecule has 1 aliphatic rings. The summed E-state index contributed by atoms with van der Waals surface area (Å²) in [5.74, 6) is -1.33. The van der Waals surface area contributed by atoms with E-state index in [-0.39, 0.29) is 11.3 Å². The zero-order valence-electron chi connectivity index (χ0n) is 16.7. The molecule has 1 amide bonds. The second-order valence-electron chi connectivity index (χ2n) is 7.15. The molecular weight excluding hydrogens is 450 g/mol. The fraction of sp³-hybridized carbons (Fsp3) is 0.0833. The summed E-state index contributed by atoms with van der Waals surface area (Å²) < 4.78 is 11.1. The van der Waals surface area contributed by atoms with Gasteiger partial charge < -0.3 is 14.3 Å². The number of carbonyl (C=O) groups excluding carboxylic acids is 2. The standard InChI is InChI=1S/C24H16ClNO5S/c1-30-16-5-2-4-13-12-17(31-23(13)16)21(27)19-20(18-6-3-11-32-18)26(24(29)22(19)28)15-9-7-14(25)8-10-15/h2-12,20,28H,1H3. The molecule has 0 spiro atoms. The number of rotatable bonds is 5. The van der Waals surface area contributed by atoms with Gasteiger partial charge >= 0.3 is 0 Å². The minimum Gasteiger partial charge on any atom is -0.503 e. The molecule has 0 saturated carbocycles. The summed E-state index contributed by atoms with van der Waals surface area (Å²) in [7, 11) is 1.51. The van der Waals surface area contributed by atoms with Crippen molar-refractivity contribution in [2.45, 2.75) is 6.04 Å². The lowest BCUT2D eigenvalue weighted by atomic mass is 10.00. The van der Waals surface area contributed by atoms with Crippen LogP contribution in [0.2, 0.25) is 5.02 Å². The van der Waals surface area contributed by atoms with Gasteiger partial charge in [-0.15, -0.1) is 11.3 Å². The van der Waals surface area contributed by atoms with Crippen LogP contribution in [0.15, 0.2) is 81.8 Å². The average Bonchev–Trinajstić information content (AvgIpc) is 3.53. The van der Waals surface area contributed by atoms with Gasteiger partial charge in [-0.1, -0.05) is 29.8 Å². The average molecular weight is 466 g/mol. The van der Waals surface area contributed by atoms with Crippen molar-refractivity contribution < 1.29 is 23.8 Å². The van der Waals surface area contributed by atoms with Crippen molar-refractivity contribution in [3.8, 4) is 5.75 Å². The third kappa shape index (κ3) is 3.18. The number of hydrogen-bond acceptors (Lipinski definition) is 6. The first-order chi connectivity index (χ1) is 15.5. The van der Waals surface area contributed by atoms with E-state index in [2.05, 4.69) is 0 Å². The number of anilines is 1. The molecule has 2 aromatic heterocycles. The Labute approximate surface area is 191 Å². The first-order valence-corrected chi connectivity index (χ1v) is 10.9. The SMILES string of the molecule is COc1cccc2cc(C(=O)C3=C(O)C(=O)N(c4ccc(Cl)cc4)C3c3cccs3)oc12. The van der Waals surface area contributed by atoms with Gasteiger partial charge in [0.1, 0.15) is 6.04 Å². The van der Waals surface area contributed by atoms with E-state index in [1.807, 2.05) is 17.5 Å². The lowest BCUT2D eigenvalue weighted by molar-refractivity contribution is -0.117. The van der Waals surface area contributed by atoms with Crippen molar-refractivity contribution in [1.29, 1.82) is 0 Å². The highest BCUT2D eigenvalue weighted by molar-refractivity contribution is 7.10. The number of Topliss-reactive ketones (excluding diaryl/α,β-unsaturated/α-hetero) is 1. The quantitative estimate of drug-likeness (QED) is 0.369. The lowest BCUT2D eigenvalue weighted by Crippen LogP contribution is -2.30. The van der Waals surface area contributed by atoms with Crippen molar-refractivity contribution in [3.63, 3.8) is 0 Å². The minimum absolute atomic E-state index is 0.0124. The summed E-state index contributed by atoms with van der Waals surface area (Å²) in [6, 6.07) is 16.4. The smallest absolute Gasteiger partial charge is 0.294 e. The maximum absolute atomic E-state index is 13.6. The molecule has 5 rings (SSSR count). The van der Waals surface area contributed by atoms with Crippen LogP contribution in [0.1, 0.15) is 21.5 Å². The molecule has 1 aliphatic heterocycles. The van der Waals surface area contributed by atoms with Crippen molar-refractivity contribution in [2.24, 2.45) is 0 Å². The van der Waals surface area contributed by atoms with E-state index >= 15 is 0 Å². The number of para-hydroxylation sites is 1. The number of amides is 1. The van der Waals surface area contributed by atoms with Crippen LogP contribution >= 0.6 is 22.9 Å². The molecule has 4 aromatic rings. The van der Waals surface area contributed by atoms with Gasteiger partial charge in [-0.3, -0.25) is 14.5 Å². The fourth-order valence-electron chi connectivity index (χ4n) is 3.86. The Morgan fingerprint density at radius 2 is 1.94 bits per heavy atom. The van der Waals surface area contributed by atoms with Gasteiger partial charge in [-0.2, -0.15) is 0 Å². The van der Waals surface area contributed by atoms with Gasteiger partial charge in [0, 0.05) is 21.0 Å². The van der Waals surface area contributed by atoms with Crippen LogP contribution in [-0.4, -0.2) is 23.9 Å². The number of nitrogens with zero attached hydrogens (tertiary/aromatic N) is 1. The fourth-order valence-corrected chi connectivity index (χ4v) is 4.81. The van der Waals surface area contributed by atoms with Crippen molar-refractivity contribution >= 4 is 51.3 Å². The summed E-state index contributed by atoms with van der Waals surface area (Å²) in [4.78, 5) is 28.8. The summed E-state index contributed by atoms with van der Waals surface area (Å²) in [5, 5.41) is 13.8. The highest BCUT2D eigenvalue weighted by Crippen LogP contribution is 2.44. The number of carbonyl (C=O) groups is 2. The molecule has 0 radical (unpaired) electrons. The van der Waals surface area contributed by atoms with Crippen LogP contribution in [0.5, 0.6) is 5.75 Å². The minimum atomic E-state index is -0.800.